The minimum absolute atomic E-state index is 0.122. The molecule has 3 heteroatoms. The summed E-state index contributed by atoms with van der Waals surface area (Å²) in [4.78, 5) is 17.1. The zero-order valence-corrected chi connectivity index (χ0v) is 12.6. The molecule has 0 aliphatic carbocycles. The van der Waals surface area contributed by atoms with Gasteiger partial charge in [-0.3, -0.25) is 9.63 Å². The van der Waals surface area contributed by atoms with Gasteiger partial charge in [0.25, 0.3) is 0 Å². The molecule has 0 spiro atoms. The number of hydrogen-bond acceptors (Lipinski definition) is 2. The van der Waals surface area contributed by atoms with Gasteiger partial charge in [0.2, 0.25) is 5.91 Å². The number of amides is 1. The highest BCUT2D eigenvalue weighted by Crippen LogP contribution is 2.29. The molecule has 1 aliphatic rings. The third-order valence-electron chi connectivity index (χ3n) is 4.09. The average Bonchev–Trinajstić information content (AvgIpc) is 2.43. The van der Waals surface area contributed by atoms with Gasteiger partial charge in [-0.1, -0.05) is 51.5 Å². The van der Waals surface area contributed by atoms with Crippen molar-refractivity contribution in [2.75, 3.05) is 7.11 Å². The van der Waals surface area contributed by atoms with E-state index in [0.29, 0.717) is 12.3 Å². The minimum Gasteiger partial charge on any atom is -0.274 e. The fourth-order valence-corrected chi connectivity index (χ4v) is 2.93. The first-order valence-corrected chi connectivity index (χ1v) is 7.73. The van der Waals surface area contributed by atoms with Crippen LogP contribution in [0.3, 0.4) is 0 Å². The van der Waals surface area contributed by atoms with Gasteiger partial charge in [-0.25, -0.2) is 5.06 Å². The van der Waals surface area contributed by atoms with Crippen LogP contribution in [0.2, 0.25) is 0 Å². The number of unbranched alkanes of at least 4 members (excludes halogenated alkanes) is 5. The van der Waals surface area contributed by atoms with E-state index in [0.717, 1.165) is 12.8 Å². The molecule has 0 N–H and O–H groups in total. The lowest BCUT2D eigenvalue weighted by Gasteiger charge is -2.38. The fraction of sp³-hybridized carbons (Fsp3) is 0.812. The molecule has 1 saturated heterocycles. The van der Waals surface area contributed by atoms with Gasteiger partial charge in [0.05, 0.1) is 13.2 Å². The number of hydroxylamine groups is 2. The van der Waals surface area contributed by atoms with Crippen molar-refractivity contribution >= 4 is 5.91 Å². The highest BCUT2D eigenvalue weighted by molar-refractivity contribution is 5.76. The molecule has 0 aromatic rings. The summed E-state index contributed by atoms with van der Waals surface area (Å²) in [5.41, 5.74) is 0. The van der Waals surface area contributed by atoms with Crippen molar-refractivity contribution in [3.63, 3.8) is 0 Å². The Kier molecular flexibility index (Phi) is 7.80. The Bertz CT molecular complexity index is 278. The van der Waals surface area contributed by atoms with Gasteiger partial charge in [-0.2, -0.15) is 0 Å². The van der Waals surface area contributed by atoms with E-state index in [2.05, 4.69) is 13.5 Å². The van der Waals surface area contributed by atoms with E-state index in [1.54, 1.807) is 12.2 Å². The van der Waals surface area contributed by atoms with Crippen molar-refractivity contribution < 1.29 is 9.63 Å². The molecule has 110 valence electrons. The molecule has 0 aromatic carbocycles. The Morgan fingerprint density at radius 3 is 2.63 bits per heavy atom. The predicted molar refractivity (Wildman–Crippen MR) is 78.6 cm³/mol. The molecule has 1 fully saturated rings. The second-order valence-electron chi connectivity index (χ2n) is 5.46. The topological polar surface area (TPSA) is 29.5 Å². The second-order valence-corrected chi connectivity index (χ2v) is 5.46. The van der Waals surface area contributed by atoms with Crippen LogP contribution in [0.25, 0.3) is 0 Å². The summed E-state index contributed by atoms with van der Waals surface area (Å²) >= 11 is 0. The van der Waals surface area contributed by atoms with Gasteiger partial charge in [0.15, 0.2) is 0 Å². The van der Waals surface area contributed by atoms with Crippen molar-refractivity contribution in [3.05, 3.63) is 12.7 Å². The molecule has 0 unspecified atom stereocenters. The zero-order valence-electron chi connectivity index (χ0n) is 12.6. The van der Waals surface area contributed by atoms with E-state index in [4.69, 9.17) is 4.84 Å². The molecule has 19 heavy (non-hydrogen) atoms. The Morgan fingerprint density at radius 1 is 1.32 bits per heavy atom. The van der Waals surface area contributed by atoms with Crippen LogP contribution < -0.4 is 0 Å². The molecule has 0 saturated carbocycles. The lowest BCUT2D eigenvalue weighted by atomic mass is 9.87. The van der Waals surface area contributed by atoms with Gasteiger partial charge in [0.1, 0.15) is 0 Å². The molecule has 0 aromatic heterocycles. The molecular weight excluding hydrogens is 238 g/mol. The van der Waals surface area contributed by atoms with Crippen molar-refractivity contribution in [1.82, 2.24) is 5.06 Å². The standard InChI is InChI=1S/C16H29NO2/c1-4-6-7-8-9-10-11-15-14(5-2)12-13-16(18)17(15)19-3/h5,14-15H,2,4,6-13H2,1,3H3/t14-,15-/m1/s1. The van der Waals surface area contributed by atoms with Crippen LogP contribution in [0.5, 0.6) is 0 Å². The van der Waals surface area contributed by atoms with Gasteiger partial charge in [0, 0.05) is 12.3 Å². The molecule has 2 atom stereocenters. The zero-order chi connectivity index (χ0) is 14.1. The number of hydrogen-bond donors (Lipinski definition) is 0. The maximum atomic E-state index is 11.8. The Hall–Kier alpha value is -0.830. The first-order chi connectivity index (χ1) is 9.24. The van der Waals surface area contributed by atoms with Crippen molar-refractivity contribution in [1.29, 1.82) is 0 Å². The number of nitrogens with zero attached hydrogens (tertiary/aromatic N) is 1. The Balaban J connectivity index is 2.37. The lowest BCUT2D eigenvalue weighted by Crippen LogP contribution is -2.47. The minimum atomic E-state index is 0.122. The number of piperidine rings is 1. The first-order valence-electron chi connectivity index (χ1n) is 7.73. The van der Waals surface area contributed by atoms with Crippen LogP contribution in [-0.4, -0.2) is 24.1 Å². The molecule has 3 nitrogen and oxygen atoms in total. The van der Waals surface area contributed by atoms with E-state index in [1.807, 2.05) is 6.08 Å². The summed E-state index contributed by atoms with van der Waals surface area (Å²) in [7, 11) is 1.59. The number of carbonyl (C=O) groups is 1. The van der Waals surface area contributed by atoms with Crippen LogP contribution in [0.15, 0.2) is 12.7 Å². The SMILES string of the molecule is C=C[C@@H]1CCC(=O)N(OC)[C@@H]1CCCCCCCC. The lowest BCUT2D eigenvalue weighted by molar-refractivity contribution is -0.200. The summed E-state index contributed by atoms with van der Waals surface area (Å²) in [5, 5.41) is 1.59. The molecular formula is C16H29NO2. The van der Waals surface area contributed by atoms with Gasteiger partial charge < -0.3 is 0 Å². The Morgan fingerprint density at radius 2 is 2.00 bits per heavy atom. The molecule has 1 rings (SSSR count). The summed E-state index contributed by atoms with van der Waals surface area (Å²) in [6.45, 7) is 6.14. The average molecular weight is 267 g/mol. The van der Waals surface area contributed by atoms with E-state index in [-0.39, 0.29) is 11.9 Å². The summed E-state index contributed by atoms with van der Waals surface area (Å²) in [6.07, 6.45) is 12.2. The summed E-state index contributed by atoms with van der Waals surface area (Å²) in [6, 6.07) is 0.190. The Labute approximate surface area is 118 Å². The molecule has 0 bridgehead atoms. The molecule has 1 aliphatic heterocycles. The highest BCUT2D eigenvalue weighted by atomic mass is 16.7. The van der Waals surface area contributed by atoms with Gasteiger partial charge in [-0.05, 0) is 12.8 Å². The number of rotatable bonds is 9. The van der Waals surface area contributed by atoms with Crippen LogP contribution in [-0.2, 0) is 9.63 Å². The van der Waals surface area contributed by atoms with Crippen LogP contribution in [0, 0.1) is 5.92 Å². The maximum absolute atomic E-state index is 11.8. The molecule has 1 amide bonds. The van der Waals surface area contributed by atoms with Crippen molar-refractivity contribution in [2.24, 2.45) is 5.92 Å². The number of carbonyl (C=O) groups excluding carboxylic acids is 1. The molecule has 0 radical (unpaired) electrons. The summed E-state index contributed by atoms with van der Waals surface area (Å²) < 4.78 is 0. The second kappa shape index (κ2) is 9.13. The van der Waals surface area contributed by atoms with Crippen LogP contribution in [0.1, 0.15) is 64.7 Å². The van der Waals surface area contributed by atoms with E-state index < -0.39 is 0 Å². The maximum Gasteiger partial charge on any atom is 0.246 e. The van der Waals surface area contributed by atoms with E-state index >= 15 is 0 Å². The smallest absolute Gasteiger partial charge is 0.246 e. The quantitative estimate of drug-likeness (QED) is 0.465. The van der Waals surface area contributed by atoms with Crippen LogP contribution in [0.4, 0.5) is 0 Å². The largest absolute Gasteiger partial charge is 0.274 e. The van der Waals surface area contributed by atoms with Crippen LogP contribution >= 0.6 is 0 Å². The summed E-state index contributed by atoms with van der Waals surface area (Å²) in [5.74, 6) is 0.505. The molecule has 1 heterocycles. The fourth-order valence-electron chi connectivity index (χ4n) is 2.93. The first kappa shape index (κ1) is 16.2. The highest BCUT2D eigenvalue weighted by Gasteiger charge is 2.34. The van der Waals surface area contributed by atoms with Crippen molar-refractivity contribution in [2.45, 2.75) is 70.8 Å². The van der Waals surface area contributed by atoms with Gasteiger partial charge >= 0.3 is 0 Å². The van der Waals surface area contributed by atoms with Gasteiger partial charge in [-0.15, -0.1) is 6.58 Å². The van der Waals surface area contributed by atoms with E-state index in [1.165, 1.54) is 38.5 Å². The monoisotopic (exact) mass is 267 g/mol. The predicted octanol–water partition coefficient (Wildman–Crippen LogP) is 4.09. The third-order valence-corrected chi connectivity index (χ3v) is 4.09. The normalized spacial score (nSPS) is 23.7. The van der Waals surface area contributed by atoms with E-state index in [9.17, 15) is 4.79 Å². The van der Waals surface area contributed by atoms with Crippen molar-refractivity contribution in [3.8, 4) is 0 Å². The third kappa shape index (κ3) is 4.98.